The maximum absolute atomic E-state index is 13.0. The highest BCUT2D eigenvalue weighted by atomic mass is 19.4. The lowest BCUT2D eigenvalue weighted by molar-refractivity contribution is -0.137. The minimum absolute atomic E-state index is 0.0243. The second-order valence-electron chi connectivity index (χ2n) is 8.41. The van der Waals surface area contributed by atoms with Crippen LogP contribution in [0.25, 0.3) is 0 Å². The Morgan fingerprint density at radius 1 is 0.917 bits per heavy atom. The van der Waals surface area contributed by atoms with Gasteiger partial charge in [-0.3, -0.25) is 9.59 Å². The Kier molecular flexibility index (Phi) is 7.47. The van der Waals surface area contributed by atoms with E-state index in [-0.39, 0.29) is 29.2 Å². The Hall–Kier alpha value is -4.01. The molecule has 4 rings (SSSR count). The molecule has 1 aliphatic rings. The van der Waals surface area contributed by atoms with Gasteiger partial charge in [0.2, 0.25) is 5.91 Å². The van der Waals surface area contributed by atoms with E-state index in [1.165, 1.54) is 25.3 Å². The van der Waals surface area contributed by atoms with Crippen LogP contribution in [0.5, 0.6) is 17.2 Å². The maximum atomic E-state index is 13.0. The molecule has 1 N–H and O–H groups in total. The van der Waals surface area contributed by atoms with Crippen LogP contribution in [0.3, 0.4) is 0 Å². The Morgan fingerprint density at radius 3 is 2.28 bits per heavy atom. The Morgan fingerprint density at radius 2 is 1.58 bits per heavy atom. The number of anilines is 1. The first-order valence-electron chi connectivity index (χ1n) is 11.4. The minimum atomic E-state index is -4.48. The third kappa shape index (κ3) is 5.97. The van der Waals surface area contributed by atoms with E-state index in [4.69, 9.17) is 9.47 Å². The van der Waals surface area contributed by atoms with Gasteiger partial charge >= 0.3 is 6.18 Å². The molecule has 3 aromatic rings. The monoisotopic (exact) mass is 498 g/mol. The number of carbonyl (C=O) groups is 2. The predicted octanol–water partition coefficient (Wildman–Crippen LogP) is 6.00. The second kappa shape index (κ2) is 10.7. The van der Waals surface area contributed by atoms with Crippen LogP contribution in [0.4, 0.5) is 18.9 Å². The fraction of sp³-hybridized carbons (Fsp3) is 0.259. The highest BCUT2D eigenvalue weighted by molar-refractivity contribution is 5.96. The fourth-order valence-corrected chi connectivity index (χ4v) is 4.07. The lowest BCUT2D eigenvalue weighted by Gasteiger charge is -2.31. The van der Waals surface area contributed by atoms with Crippen molar-refractivity contribution in [1.82, 2.24) is 4.90 Å². The molecule has 1 saturated heterocycles. The maximum Gasteiger partial charge on any atom is 0.416 e. The molecular formula is C27H25F3N2O4. The van der Waals surface area contributed by atoms with Crippen molar-refractivity contribution >= 4 is 17.5 Å². The number of nitrogens with one attached hydrogen (secondary N) is 1. The zero-order chi connectivity index (χ0) is 25.7. The molecule has 0 bridgehead atoms. The number of halogens is 3. The van der Waals surface area contributed by atoms with E-state index in [9.17, 15) is 22.8 Å². The van der Waals surface area contributed by atoms with Crippen LogP contribution in [0.15, 0.2) is 72.8 Å². The van der Waals surface area contributed by atoms with Gasteiger partial charge in [-0.05, 0) is 61.4 Å². The molecule has 0 radical (unpaired) electrons. The summed E-state index contributed by atoms with van der Waals surface area (Å²) < 4.78 is 49.8. The number of rotatable bonds is 6. The summed E-state index contributed by atoms with van der Waals surface area (Å²) in [5.41, 5.74) is 0.141. The summed E-state index contributed by atoms with van der Waals surface area (Å²) in [5, 5.41) is 2.90. The van der Waals surface area contributed by atoms with Crippen LogP contribution in [-0.2, 0) is 11.0 Å². The summed E-state index contributed by atoms with van der Waals surface area (Å²) in [6, 6.07) is 18.0. The fourth-order valence-electron chi connectivity index (χ4n) is 4.07. The quantitative estimate of drug-likeness (QED) is 0.453. The summed E-state index contributed by atoms with van der Waals surface area (Å²) in [6.45, 7) is 0.809. The lowest BCUT2D eigenvalue weighted by atomic mass is 9.95. The van der Waals surface area contributed by atoms with Crippen LogP contribution >= 0.6 is 0 Å². The van der Waals surface area contributed by atoms with E-state index < -0.39 is 11.7 Å². The number of ether oxygens (including phenoxy) is 2. The van der Waals surface area contributed by atoms with Gasteiger partial charge < -0.3 is 19.7 Å². The van der Waals surface area contributed by atoms with Crippen LogP contribution in [-0.4, -0.2) is 36.9 Å². The Bertz CT molecular complexity index is 1240. The van der Waals surface area contributed by atoms with Crippen molar-refractivity contribution < 1.29 is 32.2 Å². The largest absolute Gasteiger partial charge is 0.495 e. The number of piperidine rings is 1. The summed E-state index contributed by atoms with van der Waals surface area (Å²) >= 11 is 0. The number of hydrogen-bond donors (Lipinski definition) is 1. The summed E-state index contributed by atoms with van der Waals surface area (Å²) in [6.07, 6.45) is -3.46. The Balaban J connectivity index is 1.36. The molecule has 0 aromatic heterocycles. The molecule has 0 aliphatic carbocycles. The van der Waals surface area contributed by atoms with Crippen LogP contribution in [0.2, 0.25) is 0 Å². The zero-order valence-corrected chi connectivity index (χ0v) is 19.5. The highest BCUT2D eigenvalue weighted by Gasteiger charge is 2.31. The number of carbonyl (C=O) groups excluding carboxylic acids is 2. The van der Waals surface area contributed by atoms with E-state index in [1.807, 2.05) is 12.1 Å². The molecule has 36 heavy (non-hydrogen) atoms. The normalized spacial score (nSPS) is 14.3. The SMILES string of the molecule is COc1ccccc1NC(=O)C1CCN(C(=O)c2cccc(Oc3cccc(C(F)(F)F)c3)c2)CC1. The van der Waals surface area contributed by atoms with Gasteiger partial charge in [-0.15, -0.1) is 0 Å². The first kappa shape index (κ1) is 25.1. The molecule has 3 aromatic carbocycles. The molecule has 188 valence electrons. The van der Waals surface area contributed by atoms with Crippen LogP contribution < -0.4 is 14.8 Å². The number of methoxy groups -OCH3 is 1. The van der Waals surface area contributed by atoms with E-state index >= 15 is 0 Å². The van der Waals surface area contributed by atoms with E-state index in [1.54, 1.807) is 35.2 Å². The van der Waals surface area contributed by atoms with Crippen molar-refractivity contribution in [3.63, 3.8) is 0 Å². The van der Waals surface area contributed by atoms with E-state index in [0.717, 1.165) is 12.1 Å². The van der Waals surface area contributed by atoms with Gasteiger partial charge in [0.15, 0.2) is 0 Å². The first-order chi connectivity index (χ1) is 17.2. The number of benzene rings is 3. The molecule has 2 amide bonds. The van der Waals surface area contributed by atoms with Gasteiger partial charge in [0.25, 0.3) is 5.91 Å². The average Bonchev–Trinajstić information content (AvgIpc) is 2.88. The minimum Gasteiger partial charge on any atom is -0.495 e. The van der Waals surface area contributed by atoms with Gasteiger partial charge in [-0.2, -0.15) is 13.2 Å². The highest BCUT2D eigenvalue weighted by Crippen LogP contribution is 2.33. The van der Waals surface area contributed by atoms with Crippen molar-refractivity contribution in [2.75, 3.05) is 25.5 Å². The van der Waals surface area contributed by atoms with Crippen molar-refractivity contribution in [3.8, 4) is 17.2 Å². The third-order valence-corrected chi connectivity index (χ3v) is 6.00. The smallest absolute Gasteiger partial charge is 0.416 e. The van der Waals surface area contributed by atoms with Crippen molar-refractivity contribution in [3.05, 3.63) is 83.9 Å². The molecule has 1 fully saturated rings. The number of amides is 2. The predicted molar refractivity (Wildman–Crippen MR) is 128 cm³/mol. The zero-order valence-electron chi connectivity index (χ0n) is 19.5. The number of hydrogen-bond acceptors (Lipinski definition) is 4. The van der Waals surface area contributed by atoms with Crippen molar-refractivity contribution in [2.45, 2.75) is 19.0 Å². The number of nitrogens with zero attached hydrogens (tertiary/aromatic N) is 1. The standard InChI is InChI=1S/C27H25F3N2O4/c1-35-24-11-3-2-10-23(24)31-25(33)18-12-14-32(15-13-18)26(34)19-6-4-8-21(16-19)36-22-9-5-7-20(17-22)27(28,29)30/h2-11,16-18H,12-15H2,1H3,(H,31,33). The molecule has 1 aliphatic heterocycles. The van der Waals surface area contributed by atoms with Gasteiger partial charge in [-0.1, -0.05) is 24.3 Å². The lowest BCUT2D eigenvalue weighted by Crippen LogP contribution is -2.41. The summed E-state index contributed by atoms with van der Waals surface area (Å²) in [5.74, 6) is 0.263. The average molecular weight is 499 g/mol. The second-order valence-corrected chi connectivity index (χ2v) is 8.41. The molecule has 9 heteroatoms. The van der Waals surface area contributed by atoms with E-state index in [2.05, 4.69) is 5.32 Å². The number of alkyl halides is 3. The van der Waals surface area contributed by atoms with Crippen LogP contribution in [0, 0.1) is 5.92 Å². The Labute approximate surface area is 206 Å². The molecule has 0 spiro atoms. The molecule has 6 nitrogen and oxygen atoms in total. The van der Waals surface area contributed by atoms with Gasteiger partial charge in [0.1, 0.15) is 17.2 Å². The van der Waals surface area contributed by atoms with Gasteiger partial charge in [0, 0.05) is 24.6 Å². The molecular weight excluding hydrogens is 473 g/mol. The van der Waals surface area contributed by atoms with Gasteiger partial charge in [-0.25, -0.2) is 0 Å². The number of para-hydroxylation sites is 2. The van der Waals surface area contributed by atoms with Crippen LogP contribution in [0.1, 0.15) is 28.8 Å². The van der Waals surface area contributed by atoms with E-state index in [0.29, 0.717) is 42.9 Å². The number of likely N-dealkylation sites (tertiary alicyclic amines) is 1. The molecule has 0 atom stereocenters. The van der Waals surface area contributed by atoms with Crippen molar-refractivity contribution in [1.29, 1.82) is 0 Å². The molecule has 0 saturated carbocycles. The van der Waals surface area contributed by atoms with Crippen molar-refractivity contribution in [2.24, 2.45) is 5.92 Å². The topological polar surface area (TPSA) is 67.9 Å². The summed E-state index contributed by atoms with van der Waals surface area (Å²) in [4.78, 5) is 27.4. The molecule has 0 unspecified atom stereocenters. The summed E-state index contributed by atoms with van der Waals surface area (Å²) in [7, 11) is 1.54. The third-order valence-electron chi connectivity index (χ3n) is 6.00. The first-order valence-corrected chi connectivity index (χ1v) is 11.4. The van der Waals surface area contributed by atoms with Gasteiger partial charge in [0.05, 0.1) is 18.4 Å². The molecule has 1 heterocycles.